The van der Waals surface area contributed by atoms with Gasteiger partial charge in [0.15, 0.2) is 0 Å². The largest absolute Gasteiger partial charge is 0.496 e. The summed E-state index contributed by atoms with van der Waals surface area (Å²) >= 11 is 5.18. The molecule has 1 aromatic carbocycles. The SMILES string of the molecule is CNC(c1cc(OC)cs1)c1cc(Br)ccc1OC. The molecule has 1 N–H and O–H groups in total. The Morgan fingerprint density at radius 2 is 2.00 bits per heavy atom. The predicted molar refractivity (Wildman–Crippen MR) is 82.5 cm³/mol. The van der Waals surface area contributed by atoms with E-state index in [2.05, 4.69) is 27.3 Å². The van der Waals surface area contributed by atoms with Gasteiger partial charge in [0.2, 0.25) is 0 Å². The maximum Gasteiger partial charge on any atom is 0.129 e. The molecule has 2 aromatic rings. The minimum absolute atomic E-state index is 0.0846. The summed E-state index contributed by atoms with van der Waals surface area (Å²) in [5.41, 5.74) is 1.10. The van der Waals surface area contributed by atoms with Crippen molar-refractivity contribution in [3.63, 3.8) is 0 Å². The lowest BCUT2D eigenvalue weighted by atomic mass is 10.0. The van der Waals surface area contributed by atoms with E-state index in [4.69, 9.17) is 9.47 Å². The molecule has 2 rings (SSSR count). The van der Waals surface area contributed by atoms with E-state index in [1.54, 1.807) is 25.6 Å². The van der Waals surface area contributed by atoms with E-state index in [1.165, 1.54) is 4.88 Å². The molecule has 0 saturated heterocycles. The highest BCUT2D eigenvalue weighted by Gasteiger charge is 2.19. The van der Waals surface area contributed by atoms with Gasteiger partial charge in [-0.3, -0.25) is 0 Å². The average molecular weight is 342 g/mol. The Morgan fingerprint density at radius 1 is 1.21 bits per heavy atom. The highest BCUT2D eigenvalue weighted by atomic mass is 79.9. The lowest BCUT2D eigenvalue weighted by Crippen LogP contribution is -2.17. The van der Waals surface area contributed by atoms with Gasteiger partial charge in [-0.15, -0.1) is 11.3 Å². The van der Waals surface area contributed by atoms with E-state index >= 15 is 0 Å². The van der Waals surface area contributed by atoms with Crippen LogP contribution >= 0.6 is 27.3 Å². The molecule has 102 valence electrons. The molecule has 0 amide bonds. The van der Waals surface area contributed by atoms with Crippen LogP contribution in [0.4, 0.5) is 0 Å². The van der Waals surface area contributed by atoms with Gasteiger partial charge in [0.05, 0.1) is 20.3 Å². The van der Waals surface area contributed by atoms with Crippen molar-refractivity contribution in [2.24, 2.45) is 0 Å². The summed E-state index contributed by atoms with van der Waals surface area (Å²) in [4.78, 5) is 1.19. The maximum absolute atomic E-state index is 5.45. The zero-order valence-corrected chi connectivity index (χ0v) is 13.5. The van der Waals surface area contributed by atoms with E-state index in [1.807, 2.05) is 30.6 Å². The fourth-order valence-electron chi connectivity index (χ4n) is 1.97. The predicted octanol–water partition coefficient (Wildman–Crippen LogP) is 3.84. The summed E-state index contributed by atoms with van der Waals surface area (Å²) in [6.07, 6.45) is 0. The van der Waals surface area contributed by atoms with Crippen molar-refractivity contribution in [1.29, 1.82) is 0 Å². The van der Waals surface area contributed by atoms with Gasteiger partial charge in [0.1, 0.15) is 11.5 Å². The molecular weight excluding hydrogens is 326 g/mol. The lowest BCUT2D eigenvalue weighted by molar-refractivity contribution is 0.405. The molecule has 0 radical (unpaired) electrons. The van der Waals surface area contributed by atoms with Crippen LogP contribution in [0.15, 0.2) is 34.1 Å². The molecule has 1 atom stereocenters. The lowest BCUT2D eigenvalue weighted by Gasteiger charge is -2.18. The second-order valence-corrected chi connectivity index (χ2v) is 5.86. The first-order chi connectivity index (χ1) is 9.19. The number of methoxy groups -OCH3 is 2. The summed E-state index contributed by atoms with van der Waals surface area (Å²) in [6, 6.07) is 8.15. The van der Waals surface area contributed by atoms with Crippen LogP contribution in [-0.2, 0) is 0 Å². The molecule has 5 heteroatoms. The average Bonchev–Trinajstić information content (AvgIpc) is 2.89. The minimum Gasteiger partial charge on any atom is -0.496 e. The Bertz CT molecular complexity index is 556. The van der Waals surface area contributed by atoms with Crippen LogP contribution in [0.5, 0.6) is 11.5 Å². The highest BCUT2D eigenvalue weighted by Crippen LogP contribution is 2.36. The molecule has 1 heterocycles. The third-order valence-electron chi connectivity index (χ3n) is 2.91. The van der Waals surface area contributed by atoms with Crippen LogP contribution in [0.1, 0.15) is 16.5 Å². The zero-order valence-electron chi connectivity index (χ0n) is 11.1. The van der Waals surface area contributed by atoms with E-state index in [0.717, 1.165) is 21.5 Å². The number of ether oxygens (including phenoxy) is 2. The summed E-state index contributed by atoms with van der Waals surface area (Å²) < 4.78 is 11.7. The molecule has 3 nitrogen and oxygen atoms in total. The summed E-state index contributed by atoms with van der Waals surface area (Å²) in [6.45, 7) is 0. The minimum atomic E-state index is 0.0846. The van der Waals surface area contributed by atoms with E-state index in [9.17, 15) is 0 Å². The van der Waals surface area contributed by atoms with Crippen LogP contribution in [0.25, 0.3) is 0 Å². The third kappa shape index (κ3) is 3.11. The smallest absolute Gasteiger partial charge is 0.129 e. The molecule has 0 spiro atoms. The fraction of sp³-hybridized carbons (Fsp3) is 0.286. The molecule has 1 unspecified atom stereocenters. The van der Waals surface area contributed by atoms with Gasteiger partial charge in [0.25, 0.3) is 0 Å². The number of nitrogens with one attached hydrogen (secondary N) is 1. The van der Waals surface area contributed by atoms with Crippen LogP contribution in [0.3, 0.4) is 0 Å². The fourth-order valence-corrected chi connectivity index (χ4v) is 3.33. The highest BCUT2D eigenvalue weighted by molar-refractivity contribution is 9.10. The first-order valence-corrected chi connectivity index (χ1v) is 7.50. The Hall–Kier alpha value is -1.04. The molecule has 0 aliphatic carbocycles. The van der Waals surface area contributed by atoms with Crippen molar-refractivity contribution in [2.45, 2.75) is 6.04 Å². The standard InChI is InChI=1S/C14H16BrNO2S/c1-16-14(13-7-10(17-2)8-19-13)11-6-9(15)4-5-12(11)18-3/h4-8,14,16H,1-3H3. The van der Waals surface area contributed by atoms with Crippen LogP contribution in [-0.4, -0.2) is 21.3 Å². The summed E-state index contributed by atoms with van der Waals surface area (Å²) in [7, 11) is 5.31. The first-order valence-electron chi connectivity index (χ1n) is 5.82. The Morgan fingerprint density at radius 3 is 2.58 bits per heavy atom. The Kier molecular flexibility index (Phi) is 4.85. The van der Waals surface area contributed by atoms with Crippen molar-refractivity contribution in [2.75, 3.05) is 21.3 Å². The molecule has 0 fully saturated rings. The summed E-state index contributed by atoms with van der Waals surface area (Å²) in [5.74, 6) is 1.75. The van der Waals surface area contributed by atoms with Crippen LogP contribution in [0.2, 0.25) is 0 Å². The van der Waals surface area contributed by atoms with Gasteiger partial charge in [-0.2, -0.15) is 0 Å². The normalized spacial score (nSPS) is 12.2. The van der Waals surface area contributed by atoms with Gasteiger partial charge in [-0.1, -0.05) is 15.9 Å². The van der Waals surface area contributed by atoms with Crippen molar-refractivity contribution >= 4 is 27.3 Å². The van der Waals surface area contributed by atoms with Crippen molar-refractivity contribution in [3.05, 3.63) is 44.6 Å². The zero-order chi connectivity index (χ0) is 13.8. The van der Waals surface area contributed by atoms with Crippen LogP contribution < -0.4 is 14.8 Å². The van der Waals surface area contributed by atoms with E-state index in [0.29, 0.717) is 0 Å². The number of halogens is 1. The number of thiophene rings is 1. The van der Waals surface area contributed by atoms with Crippen molar-refractivity contribution in [1.82, 2.24) is 5.32 Å². The van der Waals surface area contributed by atoms with Gasteiger partial charge >= 0.3 is 0 Å². The Labute approximate surface area is 125 Å². The number of hydrogen-bond acceptors (Lipinski definition) is 4. The molecule has 0 aliphatic heterocycles. The van der Waals surface area contributed by atoms with Gasteiger partial charge in [0, 0.05) is 20.3 Å². The molecule has 0 bridgehead atoms. The Balaban J connectivity index is 2.43. The molecule has 19 heavy (non-hydrogen) atoms. The molecule has 1 aromatic heterocycles. The number of rotatable bonds is 5. The topological polar surface area (TPSA) is 30.5 Å². The second kappa shape index (κ2) is 6.41. The van der Waals surface area contributed by atoms with E-state index in [-0.39, 0.29) is 6.04 Å². The first kappa shape index (κ1) is 14.4. The van der Waals surface area contributed by atoms with Crippen molar-refractivity contribution < 1.29 is 9.47 Å². The maximum atomic E-state index is 5.45. The number of benzene rings is 1. The molecule has 0 saturated carbocycles. The van der Waals surface area contributed by atoms with E-state index < -0.39 is 0 Å². The second-order valence-electron chi connectivity index (χ2n) is 4.00. The molecular formula is C14H16BrNO2S. The van der Waals surface area contributed by atoms with Gasteiger partial charge < -0.3 is 14.8 Å². The quantitative estimate of drug-likeness (QED) is 0.896. The monoisotopic (exact) mass is 341 g/mol. The summed E-state index contributed by atoms with van der Waals surface area (Å²) in [5, 5.41) is 5.33. The molecule has 0 aliphatic rings. The number of hydrogen-bond donors (Lipinski definition) is 1. The van der Waals surface area contributed by atoms with Crippen molar-refractivity contribution in [3.8, 4) is 11.5 Å². The third-order valence-corrected chi connectivity index (χ3v) is 4.38. The van der Waals surface area contributed by atoms with Gasteiger partial charge in [-0.05, 0) is 31.3 Å². The van der Waals surface area contributed by atoms with Gasteiger partial charge in [-0.25, -0.2) is 0 Å². The van der Waals surface area contributed by atoms with Crippen LogP contribution in [0, 0.1) is 0 Å².